The molecule has 0 aromatic heterocycles. The normalized spacial score (nSPS) is 12.4. The van der Waals surface area contributed by atoms with Gasteiger partial charge in [0, 0.05) is 17.4 Å². The Morgan fingerprint density at radius 2 is 1.68 bits per heavy atom. The Labute approximate surface area is 134 Å². The van der Waals surface area contributed by atoms with E-state index in [4.69, 9.17) is 5.73 Å². The Kier molecular flexibility index (Phi) is 5.48. The lowest BCUT2D eigenvalue weighted by Crippen LogP contribution is -2.19. The maximum absolute atomic E-state index is 6.12. The highest BCUT2D eigenvalue weighted by Crippen LogP contribution is 2.29. The fourth-order valence-electron chi connectivity index (χ4n) is 2.96. The van der Waals surface area contributed by atoms with Crippen LogP contribution in [0, 0.1) is 12.8 Å². The summed E-state index contributed by atoms with van der Waals surface area (Å²) in [6.07, 6.45) is 2.08. The zero-order valence-corrected chi connectivity index (χ0v) is 14.2. The summed E-state index contributed by atoms with van der Waals surface area (Å²) in [4.78, 5) is 0. The van der Waals surface area contributed by atoms with Crippen LogP contribution in [0.3, 0.4) is 0 Å². The molecule has 0 saturated heterocycles. The number of hydrogen-bond donors (Lipinski definition) is 2. The van der Waals surface area contributed by atoms with Gasteiger partial charge in [0.15, 0.2) is 0 Å². The Morgan fingerprint density at radius 1 is 1.00 bits per heavy atom. The third kappa shape index (κ3) is 4.27. The predicted molar refractivity (Wildman–Crippen MR) is 97.4 cm³/mol. The van der Waals surface area contributed by atoms with Crippen LogP contribution in [0.5, 0.6) is 0 Å². The van der Waals surface area contributed by atoms with Crippen LogP contribution in [0.2, 0.25) is 0 Å². The number of nitrogens with two attached hydrogens (primary N) is 1. The molecule has 22 heavy (non-hydrogen) atoms. The van der Waals surface area contributed by atoms with E-state index in [1.807, 2.05) is 6.07 Å². The summed E-state index contributed by atoms with van der Waals surface area (Å²) in [7, 11) is 0. The van der Waals surface area contributed by atoms with Crippen LogP contribution in [0.1, 0.15) is 43.9 Å². The average molecular weight is 296 g/mol. The molecule has 0 bridgehead atoms. The first-order valence-electron chi connectivity index (χ1n) is 8.15. The first-order chi connectivity index (χ1) is 10.5. The molecular formula is C20H28N2. The second-order valence-corrected chi connectivity index (χ2v) is 6.65. The topological polar surface area (TPSA) is 38.0 Å². The average Bonchev–Trinajstić information content (AvgIpc) is 2.47. The van der Waals surface area contributed by atoms with Crippen molar-refractivity contribution in [3.63, 3.8) is 0 Å². The number of anilines is 2. The molecule has 0 aliphatic heterocycles. The second kappa shape index (κ2) is 7.35. The molecule has 0 amide bonds. The van der Waals surface area contributed by atoms with E-state index in [1.165, 1.54) is 16.8 Å². The minimum absolute atomic E-state index is 0.440. The van der Waals surface area contributed by atoms with E-state index < -0.39 is 0 Å². The van der Waals surface area contributed by atoms with Crippen LogP contribution in [0.15, 0.2) is 42.5 Å². The maximum atomic E-state index is 6.12. The van der Waals surface area contributed by atoms with Gasteiger partial charge in [0.25, 0.3) is 0 Å². The van der Waals surface area contributed by atoms with E-state index in [0.717, 1.165) is 24.1 Å². The highest BCUT2D eigenvalue weighted by molar-refractivity contribution is 5.68. The minimum atomic E-state index is 0.440. The molecule has 0 aliphatic carbocycles. The molecule has 0 spiro atoms. The lowest BCUT2D eigenvalue weighted by molar-refractivity contribution is 0.539. The Hall–Kier alpha value is -1.96. The monoisotopic (exact) mass is 296 g/mol. The van der Waals surface area contributed by atoms with Gasteiger partial charge in [0.05, 0.1) is 0 Å². The van der Waals surface area contributed by atoms with Gasteiger partial charge in [-0.1, -0.05) is 50.2 Å². The molecule has 2 heteroatoms. The summed E-state index contributed by atoms with van der Waals surface area (Å²) in [6.45, 7) is 8.87. The van der Waals surface area contributed by atoms with Crippen molar-refractivity contribution in [3.8, 4) is 0 Å². The number of benzene rings is 2. The number of nitrogen functional groups attached to an aromatic ring is 1. The van der Waals surface area contributed by atoms with Gasteiger partial charge in [-0.05, 0) is 55.4 Å². The molecule has 0 fully saturated rings. The first-order valence-corrected chi connectivity index (χ1v) is 8.15. The van der Waals surface area contributed by atoms with E-state index in [9.17, 15) is 0 Å². The summed E-state index contributed by atoms with van der Waals surface area (Å²) < 4.78 is 0. The van der Waals surface area contributed by atoms with Crippen molar-refractivity contribution in [2.45, 2.75) is 46.6 Å². The molecule has 1 atom stereocenters. The first kappa shape index (κ1) is 16.4. The van der Waals surface area contributed by atoms with E-state index in [0.29, 0.717) is 12.0 Å². The van der Waals surface area contributed by atoms with Crippen molar-refractivity contribution >= 4 is 11.4 Å². The van der Waals surface area contributed by atoms with Crippen LogP contribution in [-0.2, 0) is 6.42 Å². The molecule has 2 rings (SSSR count). The van der Waals surface area contributed by atoms with Crippen molar-refractivity contribution in [3.05, 3.63) is 59.2 Å². The molecule has 1 unspecified atom stereocenters. The zero-order chi connectivity index (χ0) is 16.1. The molecule has 0 radical (unpaired) electrons. The van der Waals surface area contributed by atoms with Gasteiger partial charge < -0.3 is 11.1 Å². The van der Waals surface area contributed by atoms with Crippen molar-refractivity contribution in [2.24, 2.45) is 5.92 Å². The number of nitrogens with one attached hydrogen (secondary N) is 1. The lowest BCUT2D eigenvalue weighted by Gasteiger charge is -2.22. The van der Waals surface area contributed by atoms with Crippen LogP contribution in [0.4, 0.5) is 11.4 Å². The van der Waals surface area contributed by atoms with E-state index in [2.05, 4.69) is 69.4 Å². The smallest absolute Gasteiger partial charge is 0.0428 e. The maximum Gasteiger partial charge on any atom is 0.0428 e. The third-order valence-electron chi connectivity index (χ3n) is 4.05. The second-order valence-electron chi connectivity index (χ2n) is 6.65. The highest BCUT2D eigenvalue weighted by Gasteiger charge is 2.12. The zero-order valence-electron chi connectivity index (χ0n) is 14.2. The summed E-state index contributed by atoms with van der Waals surface area (Å²) in [5.41, 5.74) is 12.0. The largest absolute Gasteiger partial charge is 0.398 e. The van der Waals surface area contributed by atoms with Crippen LogP contribution in [-0.4, -0.2) is 6.04 Å². The summed E-state index contributed by atoms with van der Waals surface area (Å²) >= 11 is 0. The fraction of sp³-hybridized carbons (Fsp3) is 0.400. The standard InChI is InChI=1S/C20H28N2/c1-14(2)12-15(3)22-20-16(4)19(21)11-10-18(20)13-17-8-6-5-7-9-17/h5-11,14-15,22H,12-13,21H2,1-4H3. The summed E-state index contributed by atoms with van der Waals surface area (Å²) in [5.74, 6) is 0.682. The van der Waals surface area contributed by atoms with Crippen molar-refractivity contribution in [2.75, 3.05) is 11.1 Å². The van der Waals surface area contributed by atoms with Gasteiger partial charge in [-0.25, -0.2) is 0 Å². The molecular weight excluding hydrogens is 268 g/mol. The van der Waals surface area contributed by atoms with E-state index in [-0.39, 0.29) is 0 Å². The van der Waals surface area contributed by atoms with Crippen LogP contribution < -0.4 is 11.1 Å². The van der Waals surface area contributed by atoms with Gasteiger partial charge in [0.1, 0.15) is 0 Å². The SMILES string of the molecule is Cc1c(N)ccc(Cc2ccccc2)c1NC(C)CC(C)C. The molecule has 2 aromatic rings. The summed E-state index contributed by atoms with van der Waals surface area (Å²) in [6, 6.07) is 15.2. The Bertz CT molecular complexity index is 603. The minimum Gasteiger partial charge on any atom is -0.398 e. The van der Waals surface area contributed by atoms with Crippen molar-refractivity contribution < 1.29 is 0 Å². The molecule has 0 aliphatic rings. The predicted octanol–water partition coefficient (Wildman–Crippen LogP) is 5.01. The highest BCUT2D eigenvalue weighted by atomic mass is 14.9. The molecule has 118 valence electrons. The van der Waals surface area contributed by atoms with Crippen molar-refractivity contribution in [1.82, 2.24) is 0 Å². The lowest BCUT2D eigenvalue weighted by atomic mass is 9.98. The molecule has 0 heterocycles. The fourth-order valence-corrected chi connectivity index (χ4v) is 2.96. The summed E-state index contributed by atoms with van der Waals surface area (Å²) in [5, 5.41) is 3.69. The Morgan fingerprint density at radius 3 is 2.32 bits per heavy atom. The molecule has 2 nitrogen and oxygen atoms in total. The van der Waals surface area contributed by atoms with Gasteiger partial charge in [-0.3, -0.25) is 0 Å². The molecule has 3 N–H and O–H groups in total. The third-order valence-corrected chi connectivity index (χ3v) is 4.05. The molecule has 0 saturated carbocycles. The van der Waals surface area contributed by atoms with E-state index >= 15 is 0 Å². The van der Waals surface area contributed by atoms with Crippen LogP contribution >= 0.6 is 0 Å². The van der Waals surface area contributed by atoms with Gasteiger partial charge in [-0.2, -0.15) is 0 Å². The van der Waals surface area contributed by atoms with Gasteiger partial charge in [-0.15, -0.1) is 0 Å². The van der Waals surface area contributed by atoms with Gasteiger partial charge in [0.2, 0.25) is 0 Å². The Balaban J connectivity index is 2.27. The van der Waals surface area contributed by atoms with E-state index in [1.54, 1.807) is 0 Å². The van der Waals surface area contributed by atoms with Crippen molar-refractivity contribution in [1.29, 1.82) is 0 Å². The number of rotatable bonds is 6. The quantitative estimate of drug-likeness (QED) is 0.735. The molecule has 2 aromatic carbocycles. The number of hydrogen-bond acceptors (Lipinski definition) is 2. The van der Waals surface area contributed by atoms with Crippen LogP contribution in [0.25, 0.3) is 0 Å². The van der Waals surface area contributed by atoms with Gasteiger partial charge >= 0.3 is 0 Å².